The van der Waals surface area contributed by atoms with Crippen molar-refractivity contribution in [1.29, 1.82) is 0 Å². The fourth-order valence-electron chi connectivity index (χ4n) is 3.40. The van der Waals surface area contributed by atoms with E-state index >= 15 is 0 Å². The summed E-state index contributed by atoms with van der Waals surface area (Å²) in [7, 11) is 4.92. The van der Waals surface area contributed by atoms with Crippen LogP contribution in [0.2, 0.25) is 0 Å². The Morgan fingerprint density at radius 3 is 2.32 bits per heavy atom. The van der Waals surface area contributed by atoms with Crippen LogP contribution in [0, 0.1) is 0 Å². The lowest BCUT2D eigenvalue weighted by Crippen LogP contribution is -2.08. The van der Waals surface area contributed by atoms with Crippen LogP contribution in [-0.2, 0) is 4.74 Å². The average molecular weight is 416 g/mol. The van der Waals surface area contributed by atoms with E-state index in [1.54, 1.807) is 27.7 Å². The van der Waals surface area contributed by atoms with Crippen molar-refractivity contribution in [3.63, 3.8) is 0 Å². The predicted octanol–water partition coefficient (Wildman–Crippen LogP) is 4.43. The molecule has 4 aromatic rings. The third kappa shape index (κ3) is 4.41. The molecule has 0 bridgehead atoms. The molecule has 158 valence electrons. The van der Waals surface area contributed by atoms with Gasteiger partial charge in [-0.3, -0.25) is 0 Å². The molecule has 0 saturated heterocycles. The molecule has 0 aliphatic carbocycles. The summed E-state index contributed by atoms with van der Waals surface area (Å²) >= 11 is 0. The first-order chi connectivity index (χ1) is 15.2. The van der Waals surface area contributed by atoms with Crippen LogP contribution >= 0.6 is 0 Å². The molecule has 0 spiro atoms. The highest BCUT2D eigenvalue weighted by Crippen LogP contribution is 2.35. The third-order valence-electron chi connectivity index (χ3n) is 5.00. The summed E-state index contributed by atoms with van der Waals surface area (Å²) < 4.78 is 15.9. The smallest absolute Gasteiger partial charge is 0.161 e. The second-order valence-electron chi connectivity index (χ2n) is 6.88. The molecule has 1 N–H and O–H groups in total. The molecule has 0 fully saturated rings. The van der Waals surface area contributed by atoms with Gasteiger partial charge in [-0.2, -0.15) is 0 Å². The van der Waals surface area contributed by atoms with Gasteiger partial charge >= 0.3 is 0 Å². The van der Waals surface area contributed by atoms with Crippen molar-refractivity contribution in [3.8, 4) is 33.9 Å². The summed E-state index contributed by atoms with van der Waals surface area (Å²) in [6.07, 6.45) is 3.44. The number of methoxy groups -OCH3 is 3. The van der Waals surface area contributed by atoms with Crippen LogP contribution in [0.1, 0.15) is 0 Å². The summed E-state index contributed by atoms with van der Waals surface area (Å²) in [5.41, 5.74) is 4.69. The van der Waals surface area contributed by atoms with Crippen molar-refractivity contribution in [3.05, 3.63) is 61.1 Å². The first kappa shape index (κ1) is 20.6. The maximum absolute atomic E-state index is 5.46. The molecule has 0 aliphatic heterocycles. The number of aromatic nitrogens is 3. The quantitative estimate of drug-likeness (QED) is 0.426. The molecule has 2 aromatic heterocycles. The second kappa shape index (κ2) is 9.40. The molecular weight excluding hydrogens is 392 g/mol. The van der Waals surface area contributed by atoms with Gasteiger partial charge in [-0.25, -0.2) is 15.0 Å². The topological polar surface area (TPSA) is 78.4 Å². The highest BCUT2D eigenvalue weighted by atomic mass is 16.5. The monoisotopic (exact) mass is 416 g/mol. The van der Waals surface area contributed by atoms with E-state index in [0.717, 1.165) is 39.1 Å². The summed E-state index contributed by atoms with van der Waals surface area (Å²) in [5.74, 6) is 2.15. The van der Waals surface area contributed by atoms with Gasteiger partial charge in [-0.1, -0.05) is 6.07 Å². The van der Waals surface area contributed by atoms with Gasteiger partial charge in [-0.15, -0.1) is 0 Å². The number of benzene rings is 2. The molecule has 2 heterocycles. The molecule has 0 atom stereocenters. The van der Waals surface area contributed by atoms with Gasteiger partial charge in [0.1, 0.15) is 12.1 Å². The van der Waals surface area contributed by atoms with Gasteiger partial charge in [0.15, 0.2) is 11.5 Å². The molecule has 0 aliphatic rings. The molecular formula is C24H24N4O3. The van der Waals surface area contributed by atoms with Crippen molar-refractivity contribution in [2.24, 2.45) is 0 Å². The predicted molar refractivity (Wildman–Crippen MR) is 122 cm³/mol. The lowest BCUT2D eigenvalue weighted by atomic mass is 10.0. The number of ether oxygens (including phenoxy) is 3. The Morgan fingerprint density at radius 1 is 0.774 bits per heavy atom. The fourth-order valence-corrected chi connectivity index (χ4v) is 3.40. The number of anilines is 1. The molecule has 0 radical (unpaired) electrons. The highest BCUT2D eigenvalue weighted by Gasteiger charge is 2.12. The maximum Gasteiger partial charge on any atom is 0.161 e. The number of hydrogen-bond acceptors (Lipinski definition) is 7. The summed E-state index contributed by atoms with van der Waals surface area (Å²) in [6, 6.07) is 15.9. The molecule has 7 nitrogen and oxygen atoms in total. The van der Waals surface area contributed by atoms with Crippen LogP contribution in [-0.4, -0.2) is 49.4 Å². The largest absolute Gasteiger partial charge is 0.493 e. The van der Waals surface area contributed by atoms with E-state index in [-0.39, 0.29) is 0 Å². The van der Waals surface area contributed by atoms with E-state index in [2.05, 4.69) is 26.3 Å². The van der Waals surface area contributed by atoms with Gasteiger partial charge in [-0.05, 0) is 48.0 Å². The Balaban J connectivity index is 1.71. The van der Waals surface area contributed by atoms with Crippen molar-refractivity contribution in [2.45, 2.75) is 0 Å². The number of nitrogens with zero attached hydrogens (tertiary/aromatic N) is 3. The highest BCUT2D eigenvalue weighted by molar-refractivity contribution is 5.95. The first-order valence-corrected chi connectivity index (χ1v) is 9.90. The summed E-state index contributed by atoms with van der Waals surface area (Å²) in [5, 5.41) is 4.18. The van der Waals surface area contributed by atoms with Crippen LogP contribution in [0.4, 0.5) is 5.82 Å². The van der Waals surface area contributed by atoms with Crippen molar-refractivity contribution in [2.75, 3.05) is 39.8 Å². The number of hydrogen-bond donors (Lipinski definition) is 1. The van der Waals surface area contributed by atoms with Crippen molar-refractivity contribution in [1.82, 2.24) is 15.0 Å². The number of nitrogens with one attached hydrogen (secondary N) is 1. The standard InChI is InChI=1S/C24H24N4O3/c1-29-11-10-25-23-9-6-18(14-26-23)16-4-7-20-19(12-16)24(28-15-27-20)17-5-8-21(30-2)22(13-17)31-3/h4-9,12-15H,10-11H2,1-3H3,(H,25,26). The van der Waals surface area contributed by atoms with Crippen LogP contribution in [0.25, 0.3) is 33.3 Å². The molecule has 0 unspecified atom stereocenters. The third-order valence-corrected chi connectivity index (χ3v) is 5.00. The Bertz CT molecular complexity index is 1180. The van der Waals surface area contributed by atoms with E-state index in [0.29, 0.717) is 24.7 Å². The fraction of sp³-hybridized carbons (Fsp3) is 0.208. The van der Waals surface area contributed by atoms with Gasteiger partial charge in [0.25, 0.3) is 0 Å². The minimum Gasteiger partial charge on any atom is -0.493 e. The van der Waals surface area contributed by atoms with E-state index in [4.69, 9.17) is 14.2 Å². The van der Waals surface area contributed by atoms with Gasteiger partial charge < -0.3 is 19.5 Å². The van der Waals surface area contributed by atoms with Gasteiger partial charge in [0.2, 0.25) is 0 Å². The van der Waals surface area contributed by atoms with E-state index in [9.17, 15) is 0 Å². The molecule has 4 rings (SSSR count). The maximum atomic E-state index is 5.46. The normalized spacial score (nSPS) is 10.8. The SMILES string of the molecule is COCCNc1ccc(-c2ccc3ncnc(-c4ccc(OC)c(OC)c4)c3c2)cn1. The van der Waals surface area contributed by atoms with Crippen LogP contribution < -0.4 is 14.8 Å². The molecule has 2 aromatic carbocycles. The summed E-state index contributed by atoms with van der Waals surface area (Å²) in [6.45, 7) is 1.35. The molecule has 0 saturated carbocycles. The van der Waals surface area contributed by atoms with Crippen LogP contribution in [0.5, 0.6) is 11.5 Å². The number of fused-ring (bicyclic) bond motifs is 1. The Hall–Kier alpha value is -3.71. The van der Waals surface area contributed by atoms with Crippen molar-refractivity contribution >= 4 is 16.7 Å². The zero-order valence-electron chi connectivity index (χ0n) is 17.8. The van der Waals surface area contributed by atoms with Crippen LogP contribution in [0.3, 0.4) is 0 Å². The second-order valence-corrected chi connectivity index (χ2v) is 6.88. The van der Waals surface area contributed by atoms with Gasteiger partial charge in [0.05, 0.1) is 32.0 Å². The minimum absolute atomic E-state index is 0.632. The van der Waals surface area contributed by atoms with Crippen LogP contribution in [0.15, 0.2) is 61.1 Å². The first-order valence-electron chi connectivity index (χ1n) is 9.90. The Labute approximate surface area is 181 Å². The van der Waals surface area contributed by atoms with Crippen molar-refractivity contribution < 1.29 is 14.2 Å². The molecule has 0 amide bonds. The van der Waals surface area contributed by atoms with Gasteiger partial charge in [0, 0.05) is 36.4 Å². The number of pyridine rings is 1. The number of rotatable bonds is 8. The van der Waals surface area contributed by atoms with E-state index < -0.39 is 0 Å². The molecule has 31 heavy (non-hydrogen) atoms. The lowest BCUT2D eigenvalue weighted by Gasteiger charge is -2.11. The zero-order chi connectivity index (χ0) is 21.6. The zero-order valence-corrected chi connectivity index (χ0v) is 17.8. The Morgan fingerprint density at radius 2 is 1.58 bits per heavy atom. The van der Waals surface area contributed by atoms with E-state index in [1.807, 2.05) is 48.7 Å². The Kier molecular flexibility index (Phi) is 6.24. The summed E-state index contributed by atoms with van der Waals surface area (Å²) in [4.78, 5) is 13.5. The lowest BCUT2D eigenvalue weighted by molar-refractivity contribution is 0.210. The minimum atomic E-state index is 0.632. The molecule has 7 heteroatoms. The average Bonchev–Trinajstić information content (AvgIpc) is 2.83. The van der Waals surface area contributed by atoms with E-state index in [1.165, 1.54) is 0 Å².